The maximum absolute atomic E-state index is 5.06. The van der Waals surface area contributed by atoms with Crippen LogP contribution in [0.4, 0.5) is 0 Å². The van der Waals surface area contributed by atoms with Crippen molar-refractivity contribution in [2.24, 2.45) is 0 Å². The van der Waals surface area contributed by atoms with Gasteiger partial charge in [0.15, 0.2) is 0 Å². The lowest BCUT2D eigenvalue weighted by atomic mass is 10.1. The molecule has 2 heteroatoms. The summed E-state index contributed by atoms with van der Waals surface area (Å²) in [7, 11) is 1.65. The van der Waals surface area contributed by atoms with Gasteiger partial charge in [0.25, 0.3) is 0 Å². The molecule has 2 nitrogen and oxygen atoms in total. The molecule has 0 aliphatic rings. The van der Waals surface area contributed by atoms with Crippen LogP contribution in [0.5, 0.6) is 5.88 Å². The number of aromatic nitrogens is 1. The summed E-state index contributed by atoms with van der Waals surface area (Å²) in [5.74, 6) is 0.710. The molecule has 1 rings (SSSR count). The van der Waals surface area contributed by atoms with Gasteiger partial charge in [-0.25, -0.2) is 4.98 Å². The molecule has 1 aromatic heterocycles. The number of aryl methyl sites for hydroxylation is 2. The lowest BCUT2D eigenvalue weighted by molar-refractivity contribution is 0.396. The molecule has 0 aliphatic carbocycles. The SMILES string of the molecule is CCc1c(C)cc(OC)nc1C. The first-order valence-electron chi connectivity index (χ1n) is 4.20. The van der Waals surface area contributed by atoms with E-state index in [-0.39, 0.29) is 0 Å². The molecular formula is C10H15NO. The standard InChI is InChI=1S/C10H15NO/c1-5-9-7(2)6-10(12-4)11-8(9)3/h6H,5H2,1-4H3. The average Bonchev–Trinajstić information content (AvgIpc) is 2.03. The Hall–Kier alpha value is -1.05. The summed E-state index contributed by atoms with van der Waals surface area (Å²) in [5, 5.41) is 0. The van der Waals surface area contributed by atoms with E-state index in [0.29, 0.717) is 5.88 Å². The lowest BCUT2D eigenvalue weighted by Gasteiger charge is -2.08. The molecular weight excluding hydrogens is 150 g/mol. The van der Waals surface area contributed by atoms with Crippen molar-refractivity contribution in [1.29, 1.82) is 0 Å². The van der Waals surface area contributed by atoms with Crippen LogP contribution < -0.4 is 4.74 Å². The zero-order valence-corrected chi connectivity index (χ0v) is 8.14. The van der Waals surface area contributed by atoms with Gasteiger partial charge in [0.05, 0.1) is 7.11 Å². The number of hydrogen-bond donors (Lipinski definition) is 0. The zero-order chi connectivity index (χ0) is 9.14. The molecule has 0 radical (unpaired) electrons. The smallest absolute Gasteiger partial charge is 0.213 e. The Morgan fingerprint density at radius 2 is 2.08 bits per heavy atom. The van der Waals surface area contributed by atoms with Gasteiger partial charge in [-0.05, 0) is 31.4 Å². The van der Waals surface area contributed by atoms with Crippen LogP contribution in [-0.2, 0) is 6.42 Å². The Balaban J connectivity index is 3.18. The quantitative estimate of drug-likeness (QED) is 0.670. The Morgan fingerprint density at radius 3 is 2.50 bits per heavy atom. The highest BCUT2D eigenvalue weighted by atomic mass is 16.5. The largest absolute Gasteiger partial charge is 0.481 e. The van der Waals surface area contributed by atoms with Gasteiger partial charge in [-0.2, -0.15) is 0 Å². The number of pyridine rings is 1. The summed E-state index contributed by atoms with van der Waals surface area (Å²) in [4.78, 5) is 4.30. The van der Waals surface area contributed by atoms with Crippen LogP contribution in [0.1, 0.15) is 23.7 Å². The summed E-state index contributed by atoms with van der Waals surface area (Å²) in [5.41, 5.74) is 3.67. The van der Waals surface area contributed by atoms with Crippen molar-refractivity contribution in [3.05, 3.63) is 22.9 Å². The van der Waals surface area contributed by atoms with Gasteiger partial charge in [-0.3, -0.25) is 0 Å². The van der Waals surface area contributed by atoms with Crippen molar-refractivity contribution >= 4 is 0 Å². The summed E-state index contributed by atoms with van der Waals surface area (Å²) in [6.07, 6.45) is 1.04. The molecule has 0 unspecified atom stereocenters. The van der Waals surface area contributed by atoms with Crippen LogP contribution in [0.3, 0.4) is 0 Å². The maximum atomic E-state index is 5.06. The highest BCUT2D eigenvalue weighted by molar-refractivity contribution is 5.33. The number of hydrogen-bond acceptors (Lipinski definition) is 2. The van der Waals surface area contributed by atoms with E-state index >= 15 is 0 Å². The van der Waals surface area contributed by atoms with Crippen LogP contribution in [0.2, 0.25) is 0 Å². The molecule has 12 heavy (non-hydrogen) atoms. The van der Waals surface area contributed by atoms with Gasteiger partial charge >= 0.3 is 0 Å². The summed E-state index contributed by atoms with van der Waals surface area (Å²) in [6.45, 7) is 6.26. The molecule has 66 valence electrons. The fourth-order valence-electron chi connectivity index (χ4n) is 1.46. The third kappa shape index (κ3) is 1.58. The predicted molar refractivity (Wildman–Crippen MR) is 49.6 cm³/mol. The Bertz CT molecular complexity index is 258. The Kier molecular flexibility index (Phi) is 2.69. The first kappa shape index (κ1) is 9.04. The summed E-state index contributed by atoms with van der Waals surface area (Å²) >= 11 is 0. The molecule has 0 saturated carbocycles. The van der Waals surface area contributed by atoms with Crippen LogP contribution in [-0.4, -0.2) is 12.1 Å². The molecule has 1 aromatic rings. The first-order valence-corrected chi connectivity index (χ1v) is 4.20. The van der Waals surface area contributed by atoms with Crippen LogP contribution in [0.15, 0.2) is 6.07 Å². The molecule has 0 aliphatic heterocycles. The second-order valence-electron chi connectivity index (χ2n) is 2.90. The third-order valence-electron chi connectivity index (χ3n) is 2.09. The van der Waals surface area contributed by atoms with E-state index in [1.165, 1.54) is 11.1 Å². The minimum atomic E-state index is 0.710. The van der Waals surface area contributed by atoms with Crippen LogP contribution >= 0.6 is 0 Å². The molecule has 0 amide bonds. The molecule has 0 fully saturated rings. The number of nitrogens with zero attached hydrogens (tertiary/aromatic N) is 1. The summed E-state index contributed by atoms with van der Waals surface area (Å²) in [6, 6.07) is 1.98. The van der Waals surface area contributed by atoms with Crippen molar-refractivity contribution in [3.8, 4) is 5.88 Å². The van der Waals surface area contributed by atoms with E-state index in [4.69, 9.17) is 4.74 Å². The van der Waals surface area contributed by atoms with E-state index in [1.807, 2.05) is 13.0 Å². The molecule has 0 spiro atoms. The second kappa shape index (κ2) is 3.57. The van der Waals surface area contributed by atoms with Crippen LogP contribution in [0.25, 0.3) is 0 Å². The Morgan fingerprint density at radius 1 is 1.42 bits per heavy atom. The fourth-order valence-corrected chi connectivity index (χ4v) is 1.46. The monoisotopic (exact) mass is 165 g/mol. The minimum absolute atomic E-state index is 0.710. The van der Waals surface area contributed by atoms with E-state index in [2.05, 4.69) is 18.8 Å². The van der Waals surface area contributed by atoms with E-state index < -0.39 is 0 Å². The number of rotatable bonds is 2. The number of methoxy groups -OCH3 is 1. The highest BCUT2D eigenvalue weighted by Crippen LogP contribution is 2.17. The number of ether oxygens (including phenoxy) is 1. The zero-order valence-electron chi connectivity index (χ0n) is 8.14. The average molecular weight is 165 g/mol. The molecule has 0 aromatic carbocycles. The van der Waals surface area contributed by atoms with Crippen molar-refractivity contribution in [2.45, 2.75) is 27.2 Å². The first-order chi connectivity index (χ1) is 5.69. The topological polar surface area (TPSA) is 22.1 Å². The summed E-state index contributed by atoms with van der Waals surface area (Å²) < 4.78 is 5.06. The minimum Gasteiger partial charge on any atom is -0.481 e. The molecule has 0 saturated heterocycles. The van der Waals surface area contributed by atoms with Gasteiger partial charge in [-0.15, -0.1) is 0 Å². The van der Waals surface area contributed by atoms with Crippen molar-refractivity contribution in [1.82, 2.24) is 4.98 Å². The fraction of sp³-hybridized carbons (Fsp3) is 0.500. The van der Waals surface area contributed by atoms with Crippen molar-refractivity contribution < 1.29 is 4.74 Å². The normalized spacial score (nSPS) is 10.0. The Labute approximate surface area is 73.6 Å². The van der Waals surface area contributed by atoms with E-state index in [1.54, 1.807) is 7.11 Å². The van der Waals surface area contributed by atoms with Crippen molar-refractivity contribution in [3.63, 3.8) is 0 Å². The lowest BCUT2D eigenvalue weighted by Crippen LogP contribution is -1.97. The molecule has 0 N–H and O–H groups in total. The molecule has 0 atom stereocenters. The molecule has 0 bridgehead atoms. The van der Waals surface area contributed by atoms with Crippen LogP contribution in [0, 0.1) is 13.8 Å². The van der Waals surface area contributed by atoms with Gasteiger partial charge in [0.2, 0.25) is 5.88 Å². The molecule has 1 heterocycles. The van der Waals surface area contributed by atoms with Gasteiger partial charge in [-0.1, -0.05) is 6.92 Å². The van der Waals surface area contributed by atoms with E-state index in [0.717, 1.165) is 12.1 Å². The highest BCUT2D eigenvalue weighted by Gasteiger charge is 2.03. The van der Waals surface area contributed by atoms with Crippen molar-refractivity contribution in [2.75, 3.05) is 7.11 Å². The maximum Gasteiger partial charge on any atom is 0.213 e. The third-order valence-corrected chi connectivity index (χ3v) is 2.09. The second-order valence-corrected chi connectivity index (χ2v) is 2.90. The van der Waals surface area contributed by atoms with Gasteiger partial charge in [0.1, 0.15) is 0 Å². The predicted octanol–water partition coefficient (Wildman–Crippen LogP) is 2.27. The van der Waals surface area contributed by atoms with E-state index in [9.17, 15) is 0 Å². The van der Waals surface area contributed by atoms with Gasteiger partial charge < -0.3 is 4.74 Å². The van der Waals surface area contributed by atoms with Gasteiger partial charge in [0, 0.05) is 11.8 Å².